The minimum Gasteiger partial charge on any atom is -0.324 e. The highest BCUT2D eigenvalue weighted by Crippen LogP contribution is 2.25. The van der Waals surface area contributed by atoms with E-state index in [4.69, 9.17) is 0 Å². The molecule has 1 N–H and O–H groups in total. The first-order chi connectivity index (χ1) is 11.8. The van der Waals surface area contributed by atoms with Crippen molar-refractivity contribution in [1.82, 2.24) is 4.31 Å². The van der Waals surface area contributed by atoms with Crippen LogP contribution in [0, 0.1) is 13.8 Å². The Bertz CT molecular complexity index is 880. The molecule has 0 bridgehead atoms. The largest absolute Gasteiger partial charge is 0.324 e. The molecule has 0 aromatic heterocycles. The maximum atomic E-state index is 12.8. The second-order valence-electron chi connectivity index (χ2n) is 5.78. The fraction of sp³-hybridized carbons (Fsp3) is 0.278. The van der Waals surface area contributed by atoms with E-state index in [2.05, 4.69) is 5.32 Å². The number of hydrogen-bond donors (Lipinski definition) is 1. The van der Waals surface area contributed by atoms with E-state index in [-0.39, 0.29) is 17.3 Å². The Labute approximate surface area is 153 Å². The van der Waals surface area contributed by atoms with Gasteiger partial charge in [0.15, 0.2) is 0 Å². The first kappa shape index (κ1) is 19.5. The molecule has 0 atom stereocenters. The van der Waals surface area contributed by atoms with Crippen LogP contribution in [0.3, 0.4) is 0 Å². The maximum Gasteiger partial charge on any atom is 0.243 e. The predicted octanol–water partition coefficient (Wildman–Crippen LogP) is 3.28. The summed E-state index contributed by atoms with van der Waals surface area (Å²) in [6.07, 6.45) is 1.92. The van der Waals surface area contributed by atoms with E-state index >= 15 is 0 Å². The first-order valence-electron chi connectivity index (χ1n) is 7.72. The van der Waals surface area contributed by atoms with Crippen molar-refractivity contribution < 1.29 is 13.2 Å². The minimum absolute atomic E-state index is 0.229. The molecular weight excluding hydrogens is 356 g/mol. The van der Waals surface area contributed by atoms with Crippen LogP contribution in [0.2, 0.25) is 0 Å². The van der Waals surface area contributed by atoms with Gasteiger partial charge in [0.05, 0.1) is 17.1 Å². The molecule has 25 heavy (non-hydrogen) atoms. The fourth-order valence-corrected chi connectivity index (χ4v) is 4.36. The molecule has 0 saturated heterocycles. The Kier molecular flexibility index (Phi) is 6.26. The smallest absolute Gasteiger partial charge is 0.243 e. The number of aryl methyl sites for hydroxylation is 2. The summed E-state index contributed by atoms with van der Waals surface area (Å²) in [5, 5.41) is 2.78. The highest BCUT2D eigenvalue weighted by Gasteiger charge is 2.25. The second kappa shape index (κ2) is 8.03. The minimum atomic E-state index is -3.73. The number of thioether (sulfide) groups is 1. The maximum absolute atomic E-state index is 12.8. The number of benzene rings is 2. The normalized spacial score (nSPS) is 11.6. The van der Waals surface area contributed by atoms with Gasteiger partial charge in [-0.05, 0) is 49.4 Å². The summed E-state index contributed by atoms with van der Waals surface area (Å²) in [4.78, 5) is 13.5. The molecule has 0 fully saturated rings. The van der Waals surface area contributed by atoms with Crippen LogP contribution in [0.15, 0.2) is 52.3 Å². The summed E-state index contributed by atoms with van der Waals surface area (Å²) in [6, 6.07) is 12.7. The molecule has 0 aliphatic heterocycles. The molecule has 134 valence electrons. The lowest BCUT2D eigenvalue weighted by atomic mass is 10.2. The standard InChI is InChI=1S/C18H22N2O3S2/c1-13-9-10-14(2)17(11-13)25(22,23)20(3)12-18(21)19-15-7-5-6-8-16(15)24-4/h5-11H,12H2,1-4H3,(H,19,21). The lowest BCUT2D eigenvalue weighted by molar-refractivity contribution is -0.116. The van der Waals surface area contributed by atoms with Crippen LogP contribution in [-0.4, -0.2) is 38.5 Å². The number of para-hydroxylation sites is 1. The molecule has 0 saturated carbocycles. The number of amides is 1. The van der Waals surface area contributed by atoms with Gasteiger partial charge in [0.1, 0.15) is 0 Å². The summed E-state index contributed by atoms with van der Waals surface area (Å²) < 4.78 is 26.6. The van der Waals surface area contributed by atoms with Gasteiger partial charge in [-0.25, -0.2) is 8.42 Å². The van der Waals surface area contributed by atoms with Gasteiger partial charge in [-0.3, -0.25) is 4.79 Å². The zero-order chi connectivity index (χ0) is 18.6. The molecule has 2 aromatic rings. The molecule has 0 aliphatic rings. The number of likely N-dealkylation sites (N-methyl/N-ethyl adjacent to an activating group) is 1. The third kappa shape index (κ3) is 4.62. The van der Waals surface area contributed by atoms with Crippen LogP contribution in [0.25, 0.3) is 0 Å². The van der Waals surface area contributed by atoms with Gasteiger partial charge in [-0.15, -0.1) is 11.8 Å². The average Bonchev–Trinajstić information content (AvgIpc) is 2.57. The van der Waals surface area contributed by atoms with Crippen molar-refractivity contribution in [3.05, 3.63) is 53.6 Å². The van der Waals surface area contributed by atoms with Gasteiger partial charge in [-0.1, -0.05) is 24.3 Å². The van der Waals surface area contributed by atoms with E-state index in [0.29, 0.717) is 11.3 Å². The number of sulfonamides is 1. The molecule has 2 rings (SSSR count). The fourth-order valence-electron chi connectivity index (χ4n) is 2.38. The predicted molar refractivity (Wildman–Crippen MR) is 103 cm³/mol. The summed E-state index contributed by atoms with van der Waals surface area (Å²) >= 11 is 1.52. The average molecular weight is 379 g/mol. The van der Waals surface area contributed by atoms with Crippen molar-refractivity contribution in [3.63, 3.8) is 0 Å². The lowest BCUT2D eigenvalue weighted by Gasteiger charge is -2.19. The van der Waals surface area contributed by atoms with Crippen LogP contribution < -0.4 is 5.32 Å². The summed E-state index contributed by atoms with van der Waals surface area (Å²) in [6.45, 7) is 3.33. The van der Waals surface area contributed by atoms with Crippen LogP contribution >= 0.6 is 11.8 Å². The number of nitrogens with one attached hydrogen (secondary N) is 1. The number of nitrogens with zero attached hydrogens (tertiary/aromatic N) is 1. The Morgan fingerprint density at radius 1 is 1.16 bits per heavy atom. The molecule has 0 heterocycles. The van der Waals surface area contributed by atoms with Crippen molar-refractivity contribution >= 4 is 33.4 Å². The SMILES string of the molecule is CSc1ccccc1NC(=O)CN(C)S(=O)(=O)c1cc(C)ccc1C. The molecule has 5 nitrogen and oxygen atoms in total. The lowest BCUT2D eigenvalue weighted by Crippen LogP contribution is -2.35. The third-order valence-electron chi connectivity index (χ3n) is 3.78. The van der Waals surface area contributed by atoms with Crippen LogP contribution in [0.1, 0.15) is 11.1 Å². The van der Waals surface area contributed by atoms with Crippen LogP contribution in [-0.2, 0) is 14.8 Å². The first-order valence-corrected chi connectivity index (χ1v) is 10.4. The Morgan fingerprint density at radius 2 is 1.84 bits per heavy atom. The molecule has 7 heteroatoms. The quantitative estimate of drug-likeness (QED) is 0.784. The highest BCUT2D eigenvalue weighted by molar-refractivity contribution is 7.98. The zero-order valence-corrected chi connectivity index (χ0v) is 16.4. The summed E-state index contributed by atoms with van der Waals surface area (Å²) in [7, 11) is -2.31. The highest BCUT2D eigenvalue weighted by atomic mass is 32.2. The molecule has 0 unspecified atom stereocenters. The van der Waals surface area contributed by atoms with E-state index in [0.717, 1.165) is 14.8 Å². The molecule has 0 spiro atoms. The molecule has 0 aliphatic carbocycles. The molecular formula is C18H22N2O3S2. The van der Waals surface area contributed by atoms with Crippen molar-refractivity contribution in [2.75, 3.05) is 25.2 Å². The number of rotatable bonds is 6. The third-order valence-corrected chi connectivity index (χ3v) is 6.52. The van der Waals surface area contributed by atoms with E-state index in [9.17, 15) is 13.2 Å². The number of hydrogen-bond acceptors (Lipinski definition) is 4. The molecule has 2 aromatic carbocycles. The Balaban J connectivity index is 2.16. The zero-order valence-electron chi connectivity index (χ0n) is 14.7. The van der Waals surface area contributed by atoms with Crippen molar-refractivity contribution in [3.8, 4) is 0 Å². The van der Waals surface area contributed by atoms with E-state index in [1.807, 2.05) is 37.4 Å². The van der Waals surface area contributed by atoms with Crippen LogP contribution in [0.4, 0.5) is 5.69 Å². The van der Waals surface area contributed by atoms with Crippen molar-refractivity contribution in [2.24, 2.45) is 0 Å². The second-order valence-corrected chi connectivity index (χ2v) is 8.64. The summed E-state index contributed by atoms with van der Waals surface area (Å²) in [5.74, 6) is -0.377. The van der Waals surface area contributed by atoms with Crippen LogP contribution in [0.5, 0.6) is 0 Å². The monoisotopic (exact) mass is 378 g/mol. The van der Waals surface area contributed by atoms with Crippen molar-refractivity contribution in [2.45, 2.75) is 23.6 Å². The molecule has 0 radical (unpaired) electrons. The van der Waals surface area contributed by atoms with E-state index in [1.165, 1.54) is 18.8 Å². The Hall–Kier alpha value is -1.83. The van der Waals surface area contributed by atoms with Gasteiger partial charge in [0, 0.05) is 11.9 Å². The molecule has 1 amide bonds. The topological polar surface area (TPSA) is 66.5 Å². The van der Waals surface area contributed by atoms with E-state index in [1.54, 1.807) is 25.1 Å². The Morgan fingerprint density at radius 3 is 2.52 bits per heavy atom. The number of carbonyl (C=O) groups is 1. The van der Waals surface area contributed by atoms with Gasteiger partial charge in [-0.2, -0.15) is 4.31 Å². The van der Waals surface area contributed by atoms with Gasteiger partial charge < -0.3 is 5.32 Å². The van der Waals surface area contributed by atoms with Gasteiger partial charge in [0.25, 0.3) is 0 Å². The number of anilines is 1. The van der Waals surface area contributed by atoms with Gasteiger partial charge >= 0.3 is 0 Å². The number of carbonyl (C=O) groups excluding carboxylic acids is 1. The van der Waals surface area contributed by atoms with Gasteiger partial charge in [0.2, 0.25) is 15.9 Å². The van der Waals surface area contributed by atoms with E-state index < -0.39 is 10.0 Å². The van der Waals surface area contributed by atoms with Crippen molar-refractivity contribution in [1.29, 1.82) is 0 Å². The summed E-state index contributed by atoms with van der Waals surface area (Å²) in [5.41, 5.74) is 2.19.